The molecule has 0 unspecified atom stereocenters. The molecule has 0 amide bonds. The van der Waals surface area contributed by atoms with Gasteiger partial charge in [-0.1, -0.05) is 12.1 Å². The van der Waals surface area contributed by atoms with Gasteiger partial charge >= 0.3 is 0 Å². The summed E-state index contributed by atoms with van der Waals surface area (Å²) in [6.45, 7) is 2.18. The summed E-state index contributed by atoms with van der Waals surface area (Å²) in [5, 5.41) is 3.09. The van der Waals surface area contributed by atoms with Crippen LogP contribution in [0.2, 0.25) is 0 Å². The summed E-state index contributed by atoms with van der Waals surface area (Å²) in [6, 6.07) is 6.30. The van der Waals surface area contributed by atoms with Crippen molar-refractivity contribution in [2.24, 2.45) is 5.73 Å². The summed E-state index contributed by atoms with van der Waals surface area (Å²) in [7, 11) is 0. The Bertz CT molecular complexity index is 299. The summed E-state index contributed by atoms with van der Waals surface area (Å²) in [4.78, 5) is 0. The predicted octanol–water partition coefficient (Wildman–Crippen LogP) is 0.627. The summed E-state index contributed by atoms with van der Waals surface area (Å²) in [5.41, 5.74) is 7.94. The number of hydrogen-bond donors (Lipinski definition) is 2. The maximum absolute atomic E-state index is 5.41. The Morgan fingerprint density at radius 2 is 2.38 bits per heavy atom. The summed E-state index contributed by atoms with van der Waals surface area (Å²) >= 11 is 0. The first-order chi connectivity index (χ1) is 6.40. The minimum absolute atomic E-state index is 0.521. The highest BCUT2D eigenvalue weighted by Crippen LogP contribution is 2.25. The van der Waals surface area contributed by atoms with Crippen molar-refractivity contribution < 1.29 is 4.74 Å². The first-order valence-electron chi connectivity index (χ1n) is 4.55. The van der Waals surface area contributed by atoms with Crippen LogP contribution in [0, 0.1) is 0 Å². The van der Waals surface area contributed by atoms with E-state index >= 15 is 0 Å². The molecule has 1 aliphatic rings. The third-order valence-electron chi connectivity index (χ3n) is 2.23. The third-order valence-corrected chi connectivity index (χ3v) is 2.23. The molecule has 0 saturated carbocycles. The minimum atomic E-state index is 0.521. The van der Waals surface area contributed by atoms with Crippen LogP contribution < -0.4 is 15.8 Å². The topological polar surface area (TPSA) is 47.3 Å². The van der Waals surface area contributed by atoms with Crippen LogP contribution in [0.15, 0.2) is 18.2 Å². The molecule has 0 aliphatic carbocycles. The van der Waals surface area contributed by atoms with Gasteiger partial charge in [-0.15, -0.1) is 0 Å². The van der Waals surface area contributed by atoms with Crippen LogP contribution in [0.5, 0.6) is 5.75 Å². The Labute approximate surface area is 77.9 Å². The van der Waals surface area contributed by atoms with Gasteiger partial charge in [0.2, 0.25) is 0 Å². The molecule has 1 aromatic carbocycles. The van der Waals surface area contributed by atoms with Crippen LogP contribution in [0.3, 0.4) is 0 Å². The van der Waals surface area contributed by atoms with Crippen LogP contribution >= 0.6 is 0 Å². The molecule has 0 spiro atoms. The zero-order chi connectivity index (χ0) is 9.10. The van der Waals surface area contributed by atoms with E-state index in [0.717, 1.165) is 25.3 Å². The molecule has 1 aliphatic heterocycles. The SMILES string of the molecule is NCNCc1ccc2c(c1)CCO2. The summed E-state index contributed by atoms with van der Waals surface area (Å²) in [5.74, 6) is 1.04. The van der Waals surface area contributed by atoms with E-state index in [4.69, 9.17) is 10.5 Å². The quantitative estimate of drug-likeness (QED) is 0.667. The zero-order valence-corrected chi connectivity index (χ0v) is 7.55. The second kappa shape index (κ2) is 3.77. The van der Waals surface area contributed by atoms with E-state index in [1.807, 2.05) is 6.07 Å². The third kappa shape index (κ3) is 1.82. The Kier molecular flexibility index (Phi) is 2.47. The van der Waals surface area contributed by atoms with Crippen LogP contribution in [0.25, 0.3) is 0 Å². The van der Waals surface area contributed by atoms with Gasteiger partial charge in [-0.25, -0.2) is 0 Å². The van der Waals surface area contributed by atoms with Gasteiger partial charge in [0.05, 0.1) is 6.61 Å². The van der Waals surface area contributed by atoms with Crippen molar-refractivity contribution in [1.82, 2.24) is 5.32 Å². The lowest BCUT2D eigenvalue weighted by atomic mass is 10.1. The normalized spacial score (nSPS) is 13.9. The van der Waals surface area contributed by atoms with Gasteiger partial charge in [-0.2, -0.15) is 0 Å². The lowest BCUT2D eigenvalue weighted by molar-refractivity contribution is 0.357. The number of nitrogens with one attached hydrogen (secondary N) is 1. The smallest absolute Gasteiger partial charge is 0.122 e. The Hall–Kier alpha value is -1.06. The van der Waals surface area contributed by atoms with E-state index in [9.17, 15) is 0 Å². The first-order valence-corrected chi connectivity index (χ1v) is 4.55. The molecule has 0 fully saturated rings. The molecule has 0 atom stereocenters. The van der Waals surface area contributed by atoms with Crippen LogP contribution in [-0.2, 0) is 13.0 Å². The molecule has 1 aromatic rings. The van der Waals surface area contributed by atoms with E-state index in [2.05, 4.69) is 17.4 Å². The summed E-state index contributed by atoms with van der Waals surface area (Å²) in [6.07, 6.45) is 1.03. The highest BCUT2D eigenvalue weighted by atomic mass is 16.5. The molecule has 70 valence electrons. The molecule has 3 heteroatoms. The van der Waals surface area contributed by atoms with Crippen molar-refractivity contribution in [3.05, 3.63) is 29.3 Å². The van der Waals surface area contributed by atoms with Gasteiger partial charge in [0.25, 0.3) is 0 Å². The second-order valence-corrected chi connectivity index (χ2v) is 3.17. The van der Waals surface area contributed by atoms with Crippen molar-refractivity contribution in [1.29, 1.82) is 0 Å². The molecule has 1 heterocycles. The van der Waals surface area contributed by atoms with Gasteiger partial charge in [-0.05, 0) is 17.2 Å². The zero-order valence-electron chi connectivity index (χ0n) is 7.55. The largest absolute Gasteiger partial charge is 0.493 e. The van der Waals surface area contributed by atoms with E-state index < -0.39 is 0 Å². The van der Waals surface area contributed by atoms with Crippen LogP contribution in [0.1, 0.15) is 11.1 Å². The van der Waals surface area contributed by atoms with Gasteiger partial charge < -0.3 is 15.8 Å². The van der Waals surface area contributed by atoms with Crippen molar-refractivity contribution in [2.45, 2.75) is 13.0 Å². The molecule has 3 nitrogen and oxygen atoms in total. The molecule has 2 rings (SSSR count). The second-order valence-electron chi connectivity index (χ2n) is 3.17. The fraction of sp³-hybridized carbons (Fsp3) is 0.400. The molecule has 3 N–H and O–H groups in total. The number of ether oxygens (including phenoxy) is 1. The van der Waals surface area contributed by atoms with Gasteiger partial charge in [0.15, 0.2) is 0 Å². The van der Waals surface area contributed by atoms with Crippen molar-refractivity contribution in [3.8, 4) is 5.75 Å². The van der Waals surface area contributed by atoms with Crippen molar-refractivity contribution >= 4 is 0 Å². The maximum atomic E-state index is 5.41. The maximum Gasteiger partial charge on any atom is 0.122 e. The molecular formula is C10H14N2O. The molecule has 0 bridgehead atoms. The Balaban J connectivity index is 2.12. The molecule has 0 aromatic heterocycles. The number of rotatable bonds is 3. The average Bonchev–Trinajstić information content (AvgIpc) is 2.61. The summed E-state index contributed by atoms with van der Waals surface area (Å²) < 4.78 is 5.41. The molecule has 0 saturated heterocycles. The fourth-order valence-electron chi connectivity index (χ4n) is 1.57. The van der Waals surface area contributed by atoms with Gasteiger partial charge in [-0.3, -0.25) is 0 Å². The lowest BCUT2D eigenvalue weighted by Gasteiger charge is -2.04. The number of benzene rings is 1. The lowest BCUT2D eigenvalue weighted by Crippen LogP contribution is -2.21. The monoisotopic (exact) mass is 178 g/mol. The number of nitrogens with two attached hydrogens (primary N) is 1. The van der Waals surface area contributed by atoms with Crippen molar-refractivity contribution in [3.63, 3.8) is 0 Å². The number of hydrogen-bond acceptors (Lipinski definition) is 3. The van der Waals surface area contributed by atoms with E-state index in [-0.39, 0.29) is 0 Å². The van der Waals surface area contributed by atoms with Crippen molar-refractivity contribution in [2.75, 3.05) is 13.3 Å². The first kappa shape index (κ1) is 8.53. The van der Waals surface area contributed by atoms with Crippen LogP contribution in [-0.4, -0.2) is 13.3 Å². The predicted molar refractivity (Wildman–Crippen MR) is 51.5 cm³/mol. The highest BCUT2D eigenvalue weighted by Gasteiger charge is 2.11. The average molecular weight is 178 g/mol. The van der Waals surface area contributed by atoms with Crippen LogP contribution in [0.4, 0.5) is 0 Å². The Morgan fingerprint density at radius 3 is 3.23 bits per heavy atom. The van der Waals surface area contributed by atoms with E-state index in [1.54, 1.807) is 0 Å². The highest BCUT2D eigenvalue weighted by molar-refractivity contribution is 5.39. The van der Waals surface area contributed by atoms with Gasteiger partial charge in [0, 0.05) is 19.6 Å². The molecule has 0 radical (unpaired) electrons. The molecule has 13 heavy (non-hydrogen) atoms. The van der Waals surface area contributed by atoms with Gasteiger partial charge in [0.1, 0.15) is 5.75 Å². The van der Waals surface area contributed by atoms with E-state index in [0.29, 0.717) is 6.67 Å². The fourth-order valence-corrected chi connectivity index (χ4v) is 1.57. The molecular weight excluding hydrogens is 164 g/mol. The Morgan fingerprint density at radius 1 is 1.46 bits per heavy atom. The standard InChI is InChI=1S/C10H14N2O/c11-7-12-6-8-1-2-10-9(5-8)3-4-13-10/h1-2,5,12H,3-4,6-7,11H2. The minimum Gasteiger partial charge on any atom is -0.493 e. The van der Waals surface area contributed by atoms with E-state index in [1.165, 1.54) is 11.1 Å². The number of fused-ring (bicyclic) bond motifs is 1.